The van der Waals surface area contributed by atoms with Gasteiger partial charge in [-0.05, 0) is 25.8 Å². The molecule has 0 aromatic heterocycles. The van der Waals surface area contributed by atoms with Gasteiger partial charge in [0.05, 0.1) is 18.0 Å². The normalized spacial score (nSPS) is 15.4. The van der Waals surface area contributed by atoms with Gasteiger partial charge in [-0.3, -0.25) is 19.7 Å². The topological polar surface area (TPSA) is 89.8 Å². The summed E-state index contributed by atoms with van der Waals surface area (Å²) in [6.07, 6.45) is 7.51. The number of carbonyl (C=O) groups excluding carboxylic acids is 2. The van der Waals surface area contributed by atoms with E-state index in [1.165, 1.54) is 24.6 Å². The molecule has 1 aromatic carbocycles. The molecule has 0 atom stereocenters. The van der Waals surface area contributed by atoms with E-state index in [2.05, 4.69) is 0 Å². The maximum Gasteiger partial charge on any atom is 0.307 e. The molecule has 7 heteroatoms. The molecule has 1 aromatic rings. The van der Waals surface area contributed by atoms with E-state index in [9.17, 15) is 19.7 Å². The molecule has 0 radical (unpaired) electrons. The Hall–Kier alpha value is -2.44. The molecular weight excluding hydrogens is 348 g/mol. The van der Waals surface area contributed by atoms with Gasteiger partial charge in [0.25, 0.3) is 11.6 Å². The monoisotopic (exact) mass is 376 g/mol. The molecule has 1 fully saturated rings. The highest BCUT2D eigenvalue weighted by Gasteiger charge is 2.26. The quantitative estimate of drug-likeness (QED) is 0.406. The molecule has 0 unspecified atom stereocenters. The number of benzene rings is 1. The van der Waals surface area contributed by atoms with E-state index >= 15 is 0 Å². The Morgan fingerprint density at radius 2 is 1.85 bits per heavy atom. The first kappa shape index (κ1) is 20.9. The fourth-order valence-electron chi connectivity index (χ4n) is 3.56. The van der Waals surface area contributed by atoms with Gasteiger partial charge in [-0.1, -0.05) is 38.2 Å². The van der Waals surface area contributed by atoms with E-state index < -0.39 is 4.92 Å². The van der Waals surface area contributed by atoms with Crippen LogP contribution in [0.5, 0.6) is 0 Å². The van der Waals surface area contributed by atoms with Gasteiger partial charge in [0.2, 0.25) is 0 Å². The number of esters is 1. The Kier molecular flexibility index (Phi) is 8.23. The molecule has 0 heterocycles. The Bertz CT molecular complexity index is 654. The maximum atomic E-state index is 13.1. The van der Waals surface area contributed by atoms with Crippen LogP contribution in [0.1, 0.15) is 68.6 Å². The van der Waals surface area contributed by atoms with E-state index in [0.29, 0.717) is 6.61 Å². The van der Waals surface area contributed by atoms with Crippen LogP contribution in [0.2, 0.25) is 0 Å². The molecule has 1 saturated carbocycles. The second-order valence-corrected chi connectivity index (χ2v) is 6.86. The third kappa shape index (κ3) is 6.34. The lowest BCUT2D eigenvalue weighted by Gasteiger charge is -2.33. The first-order chi connectivity index (χ1) is 13.0. The minimum absolute atomic E-state index is 0.0477. The van der Waals surface area contributed by atoms with Gasteiger partial charge in [0, 0.05) is 30.3 Å². The Morgan fingerprint density at radius 1 is 1.19 bits per heavy atom. The average Bonchev–Trinajstić information content (AvgIpc) is 2.63. The van der Waals surface area contributed by atoms with E-state index in [1.807, 2.05) is 0 Å². The van der Waals surface area contributed by atoms with Crippen LogP contribution in [0.25, 0.3) is 0 Å². The lowest BCUT2D eigenvalue weighted by atomic mass is 9.95. The zero-order valence-corrected chi connectivity index (χ0v) is 15.9. The summed E-state index contributed by atoms with van der Waals surface area (Å²) in [4.78, 5) is 37.2. The zero-order chi connectivity index (χ0) is 19.6. The first-order valence-corrected chi connectivity index (χ1v) is 9.74. The Morgan fingerprint density at radius 3 is 2.48 bits per heavy atom. The molecular formula is C20H28N2O5. The third-order valence-corrected chi connectivity index (χ3v) is 4.94. The molecule has 0 bridgehead atoms. The summed E-state index contributed by atoms with van der Waals surface area (Å²) in [5.41, 5.74) is 0.180. The molecule has 1 aliphatic carbocycles. The predicted molar refractivity (Wildman–Crippen MR) is 101 cm³/mol. The molecule has 0 aliphatic heterocycles. The van der Waals surface area contributed by atoms with Crippen molar-refractivity contribution < 1.29 is 19.2 Å². The molecule has 0 spiro atoms. The summed E-state index contributed by atoms with van der Waals surface area (Å²) in [6, 6.07) is 5.84. The summed E-state index contributed by atoms with van der Waals surface area (Å²) in [5.74, 6) is -0.589. The molecule has 0 saturated heterocycles. The van der Waals surface area contributed by atoms with Gasteiger partial charge in [0.1, 0.15) is 0 Å². The van der Waals surface area contributed by atoms with Crippen molar-refractivity contribution in [1.82, 2.24) is 4.90 Å². The smallest absolute Gasteiger partial charge is 0.307 e. The number of rotatable bonds is 7. The number of hydrogen-bond donors (Lipinski definition) is 0. The van der Waals surface area contributed by atoms with Crippen molar-refractivity contribution >= 4 is 17.6 Å². The van der Waals surface area contributed by atoms with E-state index in [-0.39, 0.29) is 42.1 Å². The van der Waals surface area contributed by atoms with Gasteiger partial charge in [0.15, 0.2) is 0 Å². The standard InChI is InChI=1S/C20H28N2O5/c1-2-27-19(23)13-14-21(17-10-6-4-3-5-7-11-17)20(24)16-9-8-12-18(15-16)22(25)26/h8-9,12,15,17H,2-7,10-11,13-14H2,1H3. The Balaban J connectivity index is 2.20. The first-order valence-electron chi connectivity index (χ1n) is 9.74. The average molecular weight is 376 g/mol. The molecule has 2 rings (SSSR count). The van der Waals surface area contributed by atoms with Gasteiger partial charge in [-0.25, -0.2) is 0 Å². The van der Waals surface area contributed by atoms with Crippen LogP contribution in [-0.2, 0) is 9.53 Å². The van der Waals surface area contributed by atoms with Gasteiger partial charge in [-0.2, -0.15) is 0 Å². The highest BCUT2D eigenvalue weighted by molar-refractivity contribution is 5.95. The van der Waals surface area contributed by atoms with Crippen molar-refractivity contribution in [2.75, 3.05) is 13.2 Å². The number of carbonyl (C=O) groups is 2. The molecule has 27 heavy (non-hydrogen) atoms. The van der Waals surface area contributed by atoms with Crippen LogP contribution in [0.3, 0.4) is 0 Å². The number of hydrogen-bond acceptors (Lipinski definition) is 5. The Labute approximate surface area is 159 Å². The van der Waals surface area contributed by atoms with Crippen LogP contribution in [0.4, 0.5) is 5.69 Å². The molecule has 7 nitrogen and oxygen atoms in total. The van der Waals surface area contributed by atoms with Crippen molar-refractivity contribution in [3.63, 3.8) is 0 Å². The van der Waals surface area contributed by atoms with Crippen LogP contribution in [0, 0.1) is 10.1 Å². The van der Waals surface area contributed by atoms with Crippen molar-refractivity contribution in [3.8, 4) is 0 Å². The van der Waals surface area contributed by atoms with Crippen molar-refractivity contribution in [1.29, 1.82) is 0 Å². The number of nitro groups is 1. The maximum absolute atomic E-state index is 13.1. The van der Waals surface area contributed by atoms with Crippen LogP contribution < -0.4 is 0 Å². The van der Waals surface area contributed by atoms with Crippen LogP contribution >= 0.6 is 0 Å². The number of nitro benzene ring substituents is 1. The van der Waals surface area contributed by atoms with E-state index in [4.69, 9.17) is 4.74 Å². The largest absolute Gasteiger partial charge is 0.466 e. The zero-order valence-electron chi connectivity index (χ0n) is 15.9. The second-order valence-electron chi connectivity index (χ2n) is 6.86. The number of nitrogens with zero attached hydrogens (tertiary/aromatic N) is 2. The molecule has 1 aliphatic rings. The summed E-state index contributed by atoms with van der Waals surface area (Å²) in [5, 5.41) is 11.0. The summed E-state index contributed by atoms with van der Waals surface area (Å²) < 4.78 is 4.99. The highest BCUT2D eigenvalue weighted by Crippen LogP contribution is 2.24. The minimum atomic E-state index is -0.504. The van der Waals surface area contributed by atoms with Crippen molar-refractivity contribution in [3.05, 3.63) is 39.9 Å². The highest BCUT2D eigenvalue weighted by atomic mass is 16.6. The van der Waals surface area contributed by atoms with Crippen LogP contribution in [0.15, 0.2) is 24.3 Å². The van der Waals surface area contributed by atoms with Gasteiger partial charge < -0.3 is 9.64 Å². The summed E-state index contributed by atoms with van der Waals surface area (Å²) >= 11 is 0. The number of ether oxygens (including phenoxy) is 1. The van der Waals surface area contributed by atoms with Crippen molar-refractivity contribution in [2.24, 2.45) is 0 Å². The minimum Gasteiger partial charge on any atom is -0.466 e. The summed E-state index contributed by atoms with van der Waals surface area (Å²) in [7, 11) is 0. The predicted octanol–water partition coefficient (Wildman–Crippen LogP) is 4.10. The van der Waals surface area contributed by atoms with E-state index in [1.54, 1.807) is 17.9 Å². The van der Waals surface area contributed by atoms with Gasteiger partial charge in [-0.15, -0.1) is 0 Å². The molecule has 1 amide bonds. The fraction of sp³-hybridized carbons (Fsp3) is 0.600. The SMILES string of the molecule is CCOC(=O)CCN(C(=O)c1cccc([N+](=O)[O-])c1)C1CCCCCCC1. The van der Waals surface area contributed by atoms with Gasteiger partial charge >= 0.3 is 5.97 Å². The molecule has 0 N–H and O–H groups in total. The van der Waals surface area contributed by atoms with E-state index in [0.717, 1.165) is 38.5 Å². The number of amides is 1. The lowest BCUT2D eigenvalue weighted by molar-refractivity contribution is -0.384. The molecule has 148 valence electrons. The van der Waals surface area contributed by atoms with Crippen LogP contribution in [-0.4, -0.2) is 40.9 Å². The third-order valence-electron chi connectivity index (χ3n) is 4.94. The van der Waals surface area contributed by atoms with Crippen molar-refractivity contribution in [2.45, 2.75) is 64.3 Å². The fourth-order valence-corrected chi connectivity index (χ4v) is 3.56. The number of non-ortho nitro benzene ring substituents is 1. The lowest BCUT2D eigenvalue weighted by Crippen LogP contribution is -2.42. The second kappa shape index (κ2) is 10.6. The summed E-state index contributed by atoms with van der Waals surface area (Å²) in [6.45, 7) is 2.32.